The van der Waals surface area contributed by atoms with Crippen LogP contribution in [0, 0.1) is 10.8 Å². The summed E-state index contributed by atoms with van der Waals surface area (Å²) < 4.78 is 18.8. The molecule has 0 spiro atoms. The number of halogens is 1. The van der Waals surface area contributed by atoms with E-state index < -0.39 is 12.1 Å². The van der Waals surface area contributed by atoms with Crippen LogP contribution in [-0.2, 0) is 11.2 Å². The van der Waals surface area contributed by atoms with Crippen LogP contribution in [0.25, 0.3) is 11.0 Å². The lowest BCUT2D eigenvalue weighted by atomic mass is 9.93. The monoisotopic (exact) mass is 446 g/mol. The van der Waals surface area contributed by atoms with Crippen LogP contribution in [-0.4, -0.2) is 66.8 Å². The highest BCUT2D eigenvalue weighted by molar-refractivity contribution is 5.93. The molecule has 0 aliphatic heterocycles. The van der Waals surface area contributed by atoms with E-state index in [1.165, 1.54) is 11.8 Å². The average Bonchev–Trinajstić information content (AvgIpc) is 2.77. The van der Waals surface area contributed by atoms with E-state index in [0.717, 1.165) is 37.1 Å². The van der Waals surface area contributed by atoms with Gasteiger partial charge in [-0.15, -0.1) is 0 Å². The van der Waals surface area contributed by atoms with Gasteiger partial charge in [-0.3, -0.25) is 14.2 Å². The fraction of sp³-hybridized carbons (Fsp3) is 0.640. The summed E-state index contributed by atoms with van der Waals surface area (Å²) in [6, 6.07) is 5.94. The largest absolute Gasteiger partial charge is 0.380 e. The Morgan fingerprint density at radius 1 is 1.12 bits per heavy atom. The highest BCUT2D eigenvalue weighted by Gasteiger charge is 2.24. The van der Waals surface area contributed by atoms with Gasteiger partial charge in [-0.2, -0.15) is 0 Å². The minimum atomic E-state index is -0.450. The third-order valence-electron chi connectivity index (χ3n) is 5.41. The van der Waals surface area contributed by atoms with Crippen LogP contribution in [0.5, 0.6) is 0 Å². The molecule has 1 aromatic carbocycles. The molecule has 0 fully saturated rings. The molecule has 0 saturated heterocycles. The summed E-state index contributed by atoms with van der Waals surface area (Å²) in [4.78, 5) is 23.7. The molecule has 0 aliphatic rings. The Balaban J connectivity index is 1.83. The molecule has 1 N–H and O–H groups in total. The van der Waals surface area contributed by atoms with E-state index in [2.05, 4.69) is 47.9 Å². The SMILES string of the molecule is CCc1ccc2nc(C(=O)NCCN(CC)CC(C)(C)COCC(C)(C)CF)cnc2c1. The van der Waals surface area contributed by atoms with Crippen LogP contribution in [0.4, 0.5) is 4.39 Å². The maximum Gasteiger partial charge on any atom is 0.271 e. The molecule has 32 heavy (non-hydrogen) atoms. The molecule has 0 aliphatic carbocycles. The normalized spacial score (nSPS) is 12.5. The van der Waals surface area contributed by atoms with Crippen LogP contribution >= 0.6 is 0 Å². The molecule has 0 radical (unpaired) electrons. The highest BCUT2D eigenvalue weighted by Crippen LogP contribution is 2.21. The van der Waals surface area contributed by atoms with Crippen molar-refractivity contribution in [2.75, 3.05) is 46.1 Å². The maximum absolute atomic E-state index is 13.0. The van der Waals surface area contributed by atoms with E-state index in [9.17, 15) is 9.18 Å². The number of hydrogen-bond acceptors (Lipinski definition) is 5. The molecule has 7 heteroatoms. The summed E-state index contributed by atoms with van der Waals surface area (Å²) in [5.74, 6) is -0.217. The zero-order valence-corrected chi connectivity index (χ0v) is 20.5. The van der Waals surface area contributed by atoms with Gasteiger partial charge in [0.05, 0.1) is 37.1 Å². The number of amides is 1. The van der Waals surface area contributed by atoms with E-state index in [-0.39, 0.29) is 11.3 Å². The molecule has 1 amide bonds. The molecule has 2 aromatic rings. The van der Waals surface area contributed by atoms with Gasteiger partial charge in [0.15, 0.2) is 0 Å². The Bertz CT molecular complexity index is 885. The molecule has 2 rings (SSSR count). The van der Waals surface area contributed by atoms with Crippen molar-refractivity contribution in [3.8, 4) is 0 Å². The summed E-state index contributed by atoms with van der Waals surface area (Å²) >= 11 is 0. The predicted molar refractivity (Wildman–Crippen MR) is 128 cm³/mol. The number of carbonyl (C=O) groups excluding carboxylic acids is 1. The number of aromatic nitrogens is 2. The van der Waals surface area contributed by atoms with Crippen LogP contribution in [0.15, 0.2) is 24.4 Å². The topological polar surface area (TPSA) is 67.4 Å². The van der Waals surface area contributed by atoms with Gasteiger partial charge in [0.25, 0.3) is 5.91 Å². The van der Waals surface area contributed by atoms with Gasteiger partial charge in [-0.1, -0.05) is 47.6 Å². The van der Waals surface area contributed by atoms with Crippen molar-refractivity contribution in [3.05, 3.63) is 35.7 Å². The molecule has 0 bridgehead atoms. The lowest BCUT2D eigenvalue weighted by Crippen LogP contribution is -2.41. The van der Waals surface area contributed by atoms with E-state index in [0.29, 0.717) is 25.5 Å². The van der Waals surface area contributed by atoms with E-state index in [1.54, 1.807) is 0 Å². The first kappa shape index (κ1) is 26.1. The first-order valence-electron chi connectivity index (χ1n) is 11.5. The van der Waals surface area contributed by atoms with Crippen molar-refractivity contribution < 1.29 is 13.9 Å². The molecular weight excluding hydrogens is 407 g/mol. The molecule has 0 unspecified atom stereocenters. The quantitative estimate of drug-likeness (QED) is 0.497. The molecule has 0 atom stereocenters. The number of benzene rings is 1. The molecule has 6 nitrogen and oxygen atoms in total. The van der Waals surface area contributed by atoms with Gasteiger partial charge in [-0.05, 0) is 30.7 Å². The van der Waals surface area contributed by atoms with Crippen molar-refractivity contribution in [2.24, 2.45) is 10.8 Å². The van der Waals surface area contributed by atoms with Crippen LogP contribution in [0.2, 0.25) is 0 Å². The van der Waals surface area contributed by atoms with E-state index >= 15 is 0 Å². The average molecular weight is 447 g/mol. The molecular formula is C25H39FN4O2. The first-order chi connectivity index (χ1) is 15.1. The van der Waals surface area contributed by atoms with E-state index in [1.807, 2.05) is 32.0 Å². The first-order valence-corrected chi connectivity index (χ1v) is 11.5. The summed E-state index contributed by atoms with van der Waals surface area (Å²) in [6.45, 7) is 15.7. The van der Waals surface area contributed by atoms with Gasteiger partial charge >= 0.3 is 0 Å². The minimum absolute atomic E-state index is 0.0758. The summed E-state index contributed by atoms with van der Waals surface area (Å²) in [6.07, 6.45) is 2.47. The zero-order valence-electron chi connectivity index (χ0n) is 20.5. The Labute approximate surface area is 192 Å². The highest BCUT2D eigenvalue weighted by atomic mass is 19.1. The summed E-state index contributed by atoms with van der Waals surface area (Å²) in [5, 5.41) is 2.95. The molecule has 178 valence electrons. The number of carbonyl (C=O) groups is 1. The smallest absolute Gasteiger partial charge is 0.271 e. The number of aryl methyl sites for hydroxylation is 1. The Morgan fingerprint density at radius 3 is 2.50 bits per heavy atom. The van der Waals surface area contributed by atoms with Crippen LogP contribution in [0.3, 0.4) is 0 Å². The second kappa shape index (κ2) is 11.7. The number of fused-ring (bicyclic) bond motifs is 1. The fourth-order valence-corrected chi connectivity index (χ4v) is 3.45. The molecule has 0 saturated carbocycles. The van der Waals surface area contributed by atoms with E-state index in [4.69, 9.17) is 4.74 Å². The van der Waals surface area contributed by atoms with Crippen molar-refractivity contribution in [2.45, 2.75) is 48.0 Å². The van der Waals surface area contributed by atoms with Crippen molar-refractivity contribution >= 4 is 16.9 Å². The third kappa shape index (κ3) is 8.10. The standard InChI is InChI=1S/C25H39FN4O2/c1-7-19-9-10-20-21(13-19)28-14-22(29-20)23(31)27-11-12-30(8-2)16-25(5,6)18-32-17-24(3,4)15-26/h9-10,13-14H,7-8,11-12,15-18H2,1-6H3,(H,27,31). The van der Waals surface area contributed by atoms with Gasteiger partial charge < -0.3 is 15.0 Å². The van der Waals surface area contributed by atoms with Crippen LogP contribution in [0.1, 0.15) is 57.6 Å². The number of rotatable bonds is 13. The second-order valence-electron chi connectivity index (χ2n) is 10.0. The third-order valence-corrected chi connectivity index (χ3v) is 5.41. The lowest BCUT2D eigenvalue weighted by molar-refractivity contribution is -0.00379. The zero-order chi connectivity index (χ0) is 23.8. The number of hydrogen-bond donors (Lipinski definition) is 1. The number of alkyl halides is 1. The lowest BCUT2D eigenvalue weighted by Gasteiger charge is -2.33. The summed E-state index contributed by atoms with van der Waals surface area (Å²) in [7, 11) is 0. The molecule has 1 aromatic heterocycles. The van der Waals surface area contributed by atoms with Gasteiger partial charge in [0.2, 0.25) is 0 Å². The number of likely N-dealkylation sites (N-methyl/N-ethyl adjacent to an activating group) is 1. The van der Waals surface area contributed by atoms with Crippen molar-refractivity contribution in [3.63, 3.8) is 0 Å². The van der Waals surface area contributed by atoms with Gasteiger partial charge in [-0.25, -0.2) is 4.98 Å². The minimum Gasteiger partial charge on any atom is -0.380 e. The Hall–Kier alpha value is -2.12. The Morgan fingerprint density at radius 2 is 1.84 bits per heavy atom. The molecule has 1 heterocycles. The predicted octanol–water partition coefficient (Wildman–Crippen LogP) is 4.28. The number of nitrogens with one attached hydrogen (secondary N) is 1. The van der Waals surface area contributed by atoms with Gasteiger partial charge in [0, 0.05) is 30.5 Å². The second-order valence-corrected chi connectivity index (χ2v) is 10.0. The van der Waals surface area contributed by atoms with Gasteiger partial charge in [0.1, 0.15) is 5.69 Å². The van der Waals surface area contributed by atoms with Crippen molar-refractivity contribution in [1.29, 1.82) is 0 Å². The summed E-state index contributed by atoms with van der Waals surface area (Å²) in [5.41, 5.74) is 2.53. The fourth-order valence-electron chi connectivity index (χ4n) is 3.45. The van der Waals surface area contributed by atoms with Crippen molar-refractivity contribution in [1.82, 2.24) is 20.2 Å². The Kier molecular flexibility index (Phi) is 9.52. The number of nitrogens with zero attached hydrogens (tertiary/aromatic N) is 3. The van der Waals surface area contributed by atoms with Crippen LogP contribution < -0.4 is 5.32 Å². The number of ether oxygens (including phenoxy) is 1. The maximum atomic E-state index is 13.0.